The third kappa shape index (κ3) is 0.753. The van der Waals surface area contributed by atoms with E-state index in [-0.39, 0.29) is 5.69 Å². The number of hydrogen-bond donors (Lipinski definition) is 1. The average molecular weight is 111 g/mol. The van der Waals surface area contributed by atoms with Crippen molar-refractivity contribution in [3.63, 3.8) is 0 Å². The lowest BCUT2D eigenvalue weighted by Gasteiger charge is -1.88. The Hall–Kier alpha value is -1.12. The standard InChI is InChI=1S/C5H4FN2/c6-4-3-8-2-1-5(4)7/h1,3H,(H2,7,8). The van der Waals surface area contributed by atoms with Crippen LogP contribution < -0.4 is 5.73 Å². The van der Waals surface area contributed by atoms with Gasteiger partial charge in [0.05, 0.1) is 18.1 Å². The number of nitrogens with zero attached hydrogens (tertiary/aromatic N) is 1. The molecule has 2 N–H and O–H groups in total. The first-order chi connectivity index (χ1) is 3.80. The number of pyridine rings is 1. The minimum atomic E-state index is -0.497. The van der Waals surface area contributed by atoms with E-state index in [9.17, 15) is 4.39 Å². The second kappa shape index (κ2) is 1.78. The molecule has 0 fully saturated rings. The Balaban J connectivity index is 3.13. The predicted molar refractivity (Wildman–Crippen MR) is 27.4 cm³/mol. The van der Waals surface area contributed by atoms with Crippen LogP contribution >= 0.6 is 0 Å². The third-order valence-corrected chi connectivity index (χ3v) is 0.748. The Morgan fingerprint density at radius 3 is 2.88 bits per heavy atom. The summed E-state index contributed by atoms with van der Waals surface area (Å²) in [5.41, 5.74) is 5.16. The van der Waals surface area contributed by atoms with Crippen LogP contribution in [0.4, 0.5) is 10.1 Å². The fourth-order valence-electron chi connectivity index (χ4n) is 0.344. The fraction of sp³-hybridized carbons (Fsp3) is 0. The summed E-state index contributed by atoms with van der Waals surface area (Å²) in [6, 6.07) is 1.29. The maximum Gasteiger partial charge on any atom is 0.164 e. The highest BCUT2D eigenvalue weighted by molar-refractivity contribution is 5.35. The molecule has 0 saturated carbocycles. The largest absolute Gasteiger partial charge is 0.396 e. The molecule has 0 aliphatic carbocycles. The van der Waals surface area contributed by atoms with Crippen LogP contribution in [0.1, 0.15) is 0 Å². The van der Waals surface area contributed by atoms with E-state index in [1.54, 1.807) is 0 Å². The minimum absolute atomic E-state index is 0.0833. The average Bonchev–Trinajstić information content (AvgIpc) is 1.77. The summed E-state index contributed by atoms with van der Waals surface area (Å²) in [5.74, 6) is -0.497. The van der Waals surface area contributed by atoms with E-state index in [1.165, 1.54) is 6.07 Å². The van der Waals surface area contributed by atoms with E-state index in [1.807, 2.05) is 0 Å². The van der Waals surface area contributed by atoms with E-state index >= 15 is 0 Å². The minimum Gasteiger partial charge on any atom is -0.396 e. The first-order valence-electron chi connectivity index (χ1n) is 2.08. The zero-order valence-electron chi connectivity index (χ0n) is 4.06. The zero-order chi connectivity index (χ0) is 5.98. The maximum atomic E-state index is 12.1. The topological polar surface area (TPSA) is 38.9 Å². The van der Waals surface area contributed by atoms with Crippen molar-refractivity contribution >= 4 is 5.69 Å². The molecule has 0 spiro atoms. The Morgan fingerprint density at radius 2 is 2.50 bits per heavy atom. The van der Waals surface area contributed by atoms with Gasteiger partial charge in [-0.1, -0.05) is 0 Å². The summed E-state index contributed by atoms with van der Waals surface area (Å²) < 4.78 is 12.1. The van der Waals surface area contributed by atoms with Crippen LogP contribution in [0.15, 0.2) is 12.3 Å². The number of anilines is 1. The highest BCUT2D eigenvalue weighted by Crippen LogP contribution is 2.02. The molecule has 1 rings (SSSR count). The van der Waals surface area contributed by atoms with Crippen LogP contribution in [0.2, 0.25) is 0 Å². The Bertz CT molecular complexity index is 167. The van der Waals surface area contributed by atoms with Crippen LogP contribution in [0, 0.1) is 12.0 Å². The number of nitrogens with two attached hydrogens (primary N) is 1. The number of rotatable bonds is 0. The molecule has 1 aromatic heterocycles. The van der Waals surface area contributed by atoms with Gasteiger partial charge in [-0.05, 0) is 6.07 Å². The Morgan fingerprint density at radius 1 is 1.75 bits per heavy atom. The van der Waals surface area contributed by atoms with Crippen molar-refractivity contribution in [1.29, 1.82) is 0 Å². The van der Waals surface area contributed by atoms with Gasteiger partial charge in [-0.3, -0.25) is 4.98 Å². The van der Waals surface area contributed by atoms with Gasteiger partial charge in [-0.2, -0.15) is 0 Å². The lowest BCUT2D eigenvalue weighted by atomic mass is 10.4. The van der Waals surface area contributed by atoms with Crippen molar-refractivity contribution in [3.8, 4) is 0 Å². The zero-order valence-corrected chi connectivity index (χ0v) is 4.06. The van der Waals surface area contributed by atoms with Crippen LogP contribution in [0.5, 0.6) is 0 Å². The monoisotopic (exact) mass is 111 g/mol. The van der Waals surface area contributed by atoms with E-state index in [0.717, 1.165) is 6.20 Å². The first-order valence-corrected chi connectivity index (χ1v) is 2.08. The smallest absolute Gasteiger partial charge is 0.164 e. The van der Waals surface area contributed by atoms with Crippen LogP contribution in [-0.4, -0.2) is 4.98 Å². The molecule has 0 aromatic carbocycles. The van der Waals surface area contributed by atoms with E-state index in [0.29, 0.717) is 0 Å². The first kappa shape index (κ1) is 5.03. The fourth-order valence-corrected chi connectivity index (χ4v) is 0.344. The maximum absolute atomic E-state index is 12.1. The second-order valence-corrected chi connectivity index (χ2v) is 1.33. The molecule has 0 saturated heterocycles. The summed E-state index contributed by atoms with van der Waals surface area (Å²) in [7, 11) is 0. The van der Waals surface area contributed by atoms with Gasteiger partial charge in [0.25, 0.3) is 0 Å². The molecule has 1 heterocycles. The summed E-state index contributed by atoms with van der Waals surface area (Å²) in [5, 5.41) is 0. The van der Waals surface area contributed by atoms with Crippen molar-refractivity contribution in [2.75, 3.05) is 5.73 Å². The summed E-state index contributed by atoms with van der Waals surface area (Å²) in [6.45, 7) is 0. The van der Waals surface area contributed by atoms with Crippen molar-refractivity contribution in [2.24, 2.45) is 0 Å². The molecule has 3 heteroatoms. The SMILES string of the molecule is Nc1c[c]ncc1F. The van der Waals surface area contributed by atoms with Crippen LogP contribution in [-0.2, 0) is 0 Å². The molecule has 8 heavy (non-hydrogen) atoms. The predicted octanol–water partition coefficient (Wildman–Crippen LogP) is 0.603. The van der Waals surface area contributed by atoms with Gasteiger partial charge in [-0.15, -0.1) is 0 Å². The summed E-state index contributed by atoms with van der Waals surface area (Å²) in [6.07, 6.45) is 3.41. The lowest BCUT2D eigenvalue weighted by Crippen LogP contribution is -1.89. The second-order valence-electron chi connectivity index (χ2n) is 1.33. The molecule has 2 nitrogen and oxygen atoms in total. The normalized spacial score (nSPS) is 9.12. The molecule has 0 bridgehead atoms. The van der Waals surface area contributed by atoms with Gasteiger partial charge in [-0.25, -0.2) is 4.39 Å². The number of nitrogen functional groups attached to an aromatic ring is 1. The molecular formula is C5H4FN2. The quantitative estimate of drug-likeness (QED) is 0.532. The summed E-state index contributed by atoms with van der Waals surface area (Å²) >= 11 is 0. The van der Waals surface area contributed by atoms with Gasteiger partial charge >= 0.3 is 0 Å². The molecule has 0 aliphatic heterocycles. The van der Waals surface area contributed by atoms with E-state index in [4.69, 9.17) is 5.73 Å². The Labute approximate surface area is 46.2 Å². The Kier molecular flexibility index (Phi) is 1.12. The van der Waals surface area contributed by atoms with Crippen LogP contribution in [0.3, 0.4) is 0 Å². The van der Waals surface area contributed by atoms with Gasteiger partial charge in [0.2, 0.25) is 0 Å². The number of hydrogen-bond acceptors (Lipinski definition) is 2. The molecule has 0 aliphatic rings. The molecule has 0 unspecified atom stereocenters. The van der Waals surface area contributed by atoms with Gasteiger partial charge in [0.15, 0.2) is 5.82 Å². The number of aromatic nitrogens is 1. The molecule has 1 aromatic rings. The summed E-state index contributed by atoms with van der Waals surface area (Å²) in [4.78, 5) is 3.37. The number of halogens is 1. The van der Waals surface area contributed by atoms with Crippen molar-refractivity contribution in [2.45, 2.75) is 0 Å². The third-order valence-electron chi connectivity index (χ3n) is 0.748. The van der Waals surface area contributed by atoms with E-state index in [2.05, 4.69) is 11.2 Å². The molecule has 0 atom stereocenters. The van der Waals surface area contributed by atoms with Gasteiger partial charge < -0.3 is 5.73 Å². The van der Waals surface area contributed by atoms with Crippen LogP contribution in [0.25, 0.3) is 0 Å². The molecule has 41 valence electrons. The molecule has 0 amide bonds. The molecular weight excluding hydrogens is 107 g/mol. The van der Waals surface area contributed by atoms with Crippen molar-refractivity contribution in [1.82, 2.24) is 4.98 Å². The van der Waals surface area contributed by atoms with E-state index < -0.39 is 5.82 Å². The highest BCUT2D eigenvalue weighted by atomic mass is 19.1. The van der Waals surface area contributed by atoms with Gasteiger partial charge in [0, 0.05) is 0 Å². The molecule has 1 radical (unpaired) electrons. The lowest BCUT2D eigenvalue weighted by molar-refractivity contribution is 0.626. The van der Waals surface area contributed by atoms with Crippen molar-refractivity contribution in [3.05, 3.63) is 24.3 Å². The highest BCUT2D eigenvalue weighted by Gasteiger charge is 1.91. The van der Waals surface area contributed by atoms with Gasteiger partial charge in [0.1, 0.15) is 0 Å². The van der Waals surface area contributed by atoms with Crippen molar-refractivity contribution < 1.29 is 4.39 Å².